The first-order valence-corrected chi connectivity index (χ1v) is 16.5. The van der Waals surface area contributed by atoms with E-state index in [1.807, 2.05) is 37.3 Å². The van der Waals surface area contributed by atoms with Crippen molar-refractivity contribution < 1.29 is 46.2 Å². The monoisotopic (exact) mass is 657 g/mol. The Hall–Kier alpha value is -3.68. The van der Waals surface area contributed by atoms with Crippen LogP contribution in [0.2, 0.25) is 0 Å². The van der Waals surface area contributed by atoms with Crippen molar-refractivity contribution >= 4 is 16.2 Å². The van der Waals surface area contributed by atoms with Gasteiger partial charge in [0.1, 0.15) is 42.0 Å². The van der Waals surface area contributed by atoms with E-state index in [9.17, 15) is 18.3 Å². The van der Waals surface area contributed by atoms with Crippen LogP contribution >= 0.6 is 0 Å². The third kappa shape index (κ3) is 10.7. The molecule has 46 heavy (non-hydrogen) atoms. The molecular formula is C34H43NO10S. The Bertz CT molecular complexity index is 1490. The van der Waals surface area contributed by atoms with Gasteiger partial charge in [0.25, 0.3) is 10.1 Å². The largest absolute Gasteiger partial charge is 0.497 e. The summed E-state index contributed by atoms with van der Waals surface area (Å²) in [6, 6.07) is 21.8. The maximum absolute atomic E-state index is 12.9. The van der Waals surface area contributed by atoms with Gasteiger partial charge in [-0.3, -0.25) is 4.18 Å². The van der Waals surface area contributed by atoms with Gasteiger partial charge in [0.05, 0.1) is 37.4 Å². The fourth-order valence-electron chi connectivity index (χ4n) is 4.68. The third-order valence-electron chi connectivity index (χ3n) is 7.12. The number of aliphatic hydroxyl groups is 1. The quantitative estimate of drug-likeness (QED) is 0.163. The number of rotatable bonds is 16. The Kier molecular flexibility index (Phi) is 12.0. The van der Waals surface area contributed by atoms with Crippen molar-refractivity contribution in [2.75, 3.05) is 20.3 Å². The van der Waals surface area contributed by atoms with E-state index in [0.717, 1.165) is 11.1 Å². The first kappa shape index (κ1) is 35.2. The highest BCUT2D eigenvalue weighted by Gasteiger charge is 2.49. The van der Waals surface area contributed by atoms with Gasteiger partial charge in [0, 0.05) is 6.42 Å². The van der Waals surface area contributed by atoms with Crippen LogP contribution in [0.1, 0.15) is 38.3 Å². The Labute approximate surface area is 270 Å². The molecule has 0 spiro atoms. The van der Waals surface area contributed by atoms with Crippen LogP contribution in [0.15, 0.2) is 83.8 Å². The van der Waals surface area contributed by atoms with E-state index in [4.69, 9.17) is 27.9 Å². The predicted octanol–water partition coefficient (Wildman–Crippen LogP) is 4.79. The summed E-state index contributed by atoms with van der Waals surface area (Å²) in [5.41, 5.74) is 1.02. The number of alkyl carbamates (subject to hydrolysis) is 1. The zero-order chi connectivity index (χ0) is 33.3. The average molecular weight is 658 g/mol. The van der Waals surface area contributed by atoms with E-state index < -0.39 is 52.3 Å². The molecule has 0 radical (unpaired) electrons. The van der Waals surface area contributed by atoms with Crippen molar-refractivity contribution in [3.05, 3.63) is 90.0 Å². The summed E-state index contributed by atoms with van der Waals surface area (Å²) in [7, 11) is -2.38. The second-order valence-electron chi connectivity index (χ2n) is 12.0. The molecule has 3 aromatic rings. The van der Waals surface area contributed by atoms with E-state index in [1.165, 1.54) is 12.1 Å². The van der Waals surface area contributed by atoms with Crippen LogP contribution in [0.25, 0.3) is 0 Å². The molecule has 250 valence electrons. The Morgan fingerprint density at radius 3 is 2.26 bits per heavy atom. The number of epoxide rings is 1. The van der Waals surface area contributed by atoms with Crippen LogP contribution in [0.3, 0.4) is 0 Å². The third-order valence-corrected chi connectivity index (χ3v) is 8.44. The van der Waals surface area contributed by atoms with Crippen molar-refractivity contribution in [3.63, 3.8) is 0 Å². The molecule has 1 saturated heterocycles. The lowest BCUT2D eigenvalue weighted by Gasteiger charge is -2.32. The maximum Gasteiger partial charge on any atom is 0.408 e. The van der Waals surface area contributed by atoms with E-state index in [1.54, 1.807) is 64.3 Å². The molecule has 12 heteroatoms. The van der Waals surface area contributed by atoms with Crippen LogP contribution in [-0.2, 0) is 35.1 Å². The van der Waals surface area contributed by atoms with Crippen LogP contribution < -0.4 is 14.8 Å². The van der Waals surface area contributed by atoms with Gasteiger partial charge in [-0.1, -0.05) is 48.0 Å². The summed E-state index contributed by atoms with van der Waals surface area (Å²) in [4.78, 5) is 13.0. The predicted molar refractivity (Wildman–Crippen MR) is 170 cm³/mol. The first-order chi connectivity index (χ1) is 21.8. The molecule has 1 amide bonds. The van der Waals surface area contributed by atoms with Crippen LogP contribution in [-0.4, -0.2) is 76.0 Å². The maximum atomic E-state index is 12.9. The summed E-state index contributed by atoms with van der Waals surface area (Å²) in [6.45, 7) is 7.03. The molecule has 1 fully saturated rings. The normalized spacial score (nSPS) is 18.2. The molecule has 3 aromatic carbocycles. The summed E-state index contributed by atoms with van der Waals surface area (Å²) in [5.74, 6) is 1.17. The number of hydrogen-bond acceptors (Lipinski definition) is 10. The molecule has 1 aliphatic rings. The van der Waals surface area contributed by atoms with Gasteiger partial charge in [0.2, 0.25) is 0 Å². The Balaban J connectivity index is 1.47. The van der Waals surface area contributed by atoms with Gasteiger partial charge in [0.15, 0.2) is 0 Å². The molecule has 0 aliphatic carbocycles. The van der Waals surface area contributed by atoms with Gasteiger partial charge in [-0.15, -0.1) is 0 Å². The van der Waals surface area contributed by atoms with E-state index >= 15 is 0 Å². The highest BCUT2D eigenvalue weighted by Crippen LogP contribution is 2.32. The molecule has 0 unspecified atom stereocenters. The van der Waals surface area contributed by atoms with Crippen molar-refractivity contribution in [2.45, 2.75) is 81.7 Å². The van der Waals surface area contributed by atoms with Crippen molar-refractivity contribution in [2.24, 2.45) is 0 Å². The number of aliphatic hydroxyl groups excluding tert-OH is 1. The lowest BCUT2D eigenvalue weighted by molar-refractivity contribution is -0.0796. The van der Waals surface area contributed by atoms with Gasteiger partial charge < -0.3 is 34.1 Å². The molecule has 1 heterocycles. The number of benzene rings is 3. The van der Waals surface area contributed by atoms with Crippen LogP contribution in [0, 0.1) is 6.92 Å². The number of carbonyl (C=O) groups is 1. The molecule has 0 saturated carbocycles. The molecule has 5 atom stereocenters. The van der Waals surface area contributed by atoms with Gasteiger partial charge in [-0.25, -0.2) is 4.79 Å². The summed E-state index contributed by atoms with van der Waals surface area (Å²) < 4.78 is 59.2. The molecule has 11 nitrogen and oxygen atoms in total. The fourth-order valence-corrected chi connectivity index (χ4v) is 5.60. The lowest BCUT2D eigenvalue weighted by atomic mass is 10.0. The molecule has 1 aliphatic heterocycles. The fraction of sp³-hybridized carbons (Fsp3) is 0.441. The number of amides is 1. The molecule has 0 aromatic heterocycles. The molecule has 2 N–H and O–H groups in total. The van der Waals surface area contributed by atoms with Gasteiger partial charge in [-0.05, 0) is 69.7 Å². The van der Waals surface area contributed by atoms with Crippen molar-refractivity contribution in [1.82, 2.24) is 5.32 Å². The lowest BCUT2D eigenvalue weighted by Crippen LogP contribution is -2.55. The number of hydrogen-bond donors (Lipinski definition) is 2. The summed E-state index contributed by atoms with van der Waals surface area (Å²) in [5, 5.41) is 14.4. The number of aryl methyl sites for hydroxylation is 1. The topological polar surface area (TPSA) is 142 Å². The zero-order valence-corrected chi connectivity index (χ0v) is 27.6. The average Bonchev–Trinajstić information content (AvgIpc) is 3.79. The van der Waals surface area contributed by atoms with Gasteiger partial charge >= 0.3 is 6.09 Å². The number of methoxy groups -OCH3 is 1. The summed E-state index contributed by atoms with van der Waals surface area (Å²) in [6.07, 6.45) is -3.91. The van der Waals surface area contributed by atoms with Crippen molar-refractivity contribution in [1.29, 1.82) is 0 Å². The smallest absolute Gasteiger partial charge is 0.408 e. The number of ether oxygens (including phenoxy) is 5. The minimum Gasteiger partial charge on any atom is -0.497 e. The van der Waals surface area contributed by atoms with E-state index in [-0.39, 0.29) is 31.1 Å². The minimum absolute atomic E-state index is 0.0636. The van der Waals surface area contributed by atoms with Crippen molar-refractivity contribution in [3.8, 4) is 11.5 Å². The number of carbonyl (C=O) groups excluding carboxylic acids is 1. The molecule has 0 bridgehead atoms. The Morgan fingerprint density at radius 1 is 0.978 bits per heavy atom. The molecular weight excluding hydrogens is 614 g/mol. The second kappa shape index (κ2) is 15.7. The van der Waals surface area contributed by atoms with Gasteiger partial charge in [-0.2, -0.15) is 8.42 Å². The van der Waals surface area contributed by atoms with E-state index in [0.29, 0.717) is 11.5 Å². The standard InChI is InChI=1S/C34H43NO10S/c1-23-11-17-27(18-12-23)46(38,39)43-20-19-29-32(44-29)30(36)31(42-21-24-9-7-6-8-10-24)28(35-33(37)45-34(2,3)4)22-41-26-15-13-25(40-5)14-16-26/h6-18,28-32,36H,19-22H2,1-5H3,(H,35,37)/t28-,29-,30-,31+,32+/m1/s1. The highest BCUT2D eigenvalue weighted by atomic mass is 32.2. The summed E-state index contributed by atoms with van der Waals surface area (Å²) >= 11 is 0. The Morgan fingerprint density at radius 2 is 1.63 bits per heavy atom. The van der Waals surface area contributed by atoms with E-state index in [2.05, 4.69) is 5.32 Å². The second-order valence-corrected chi connectivity index (χ2v) is 13.6. The number of nitrogens with one attached hydrogen (secondary N) is 1. The SMILES string of the molecule is COc1ccc(OC[C@@H](NC(=O)OC(C)(C)C)[C@H](OCc2ccccc2)[C@@H](O)[C@H]2O[C@@H]2CCOS(=O)(=O)c2ccc(C)cc2)cc1. The first-order valence-electron chi connectivity index (χ1n) is 15.1. The zero-order valence-electron chi connectivity index (χ0n) is 26.8. The van der Waals surface area contributed by atoms with Crippen LogP contribution in [0.5, 0.6) is 11.5 Å². The highest BCUT2D eigenvalue weighted by molar-refractivity contribution is 7.86. The van der Waals surface area contributed by atoms with Crippen LogP contribution in [0.4, 0.5) is 4.79 Å². The minimum atomic E-state index is -3.95. The molecule has 4 rings (SSSR count).